The number of hydrogen-bond acceptors (Lipinski definition) is 5. The minimum atomic E-state index is -0.797. The highest BCUT2D eigenvalue weighted by Gasteiger charge is 2.33. The van der Waals surface area contributed by atoms with Gasteiger partial charge in [0.2, 0.25) is 11.8 Å². The van der Waals surface area contributed by atoms with E-state index >= 15 is 0 Å². The van der Waals surface area contributed by atoms with Crippen LogP contribution in [0, 0.1) is 0 Å². The lowest BCUT2D eigenvalue weighted by atomic mass is 10.2. The van der Waals surface area contributed by atoms with E-state index < -0.39 is 12.0 Å². The van der Waals surface area contributed by atoms with E-state index in [2.05, 4.69) is 5.32 Å². The molecule has 136 valence electrons. The molecule has 2 N–H and O–H groups in total. The Morgan fingerprint density at radius 2 is 2.20 bits per heavy atom. The van der Waals surface area contributed by atoms with E-state index in [0.717, 1.165) is 5.56 Å². The summed E-state index contributed by atoms with van der Waals surface area (Å²) in [6.45, 7) is 1.80. The molecule has 1 atom stereocenters. The maximum Gasteiger partial charge on any atom is 0.304 e. The van der Waals surface area contributed by atoms with Gasteiger partial charge in [-0.15, -0.1) is 11.8 Å². The molecule has 1 saturated heterocycles. The number of nitrogens with zero attached hydrogens (tertiary/aromatic N) is 1. The molecule has 1 fully saturated rings. The lowest BCUT2D eigenvalue weighted by Gasteiger charge is -2.22. The molecule has 0 bridgehead atoms. The minimum Gasteiger partial charge on any atom is -0.481 e. The highest BCUT2D eigenvalue weighted by molar-refractivity contribution is 7.99. The van der Waals surface area contributed by atoms with Gasteiger partial charge in [-0.25, -0.2) is 0 Å². The van der Waals surface area contributed by atoms with E-state index in [9.17, 15) is 14.4 Å². The van der Waals surface area contributed by atoms with Gasteiger partial charge in [-0.3, -0.25) is 14.4 Å². The Kier molecular flexibility index (Phi) is 7.64. The van der Waals surface area contributed by atoms with Crippen LogP contribution >= 0.6 is 23.5 Å². The number of amides is 2. The largest absolute Gasteiger partial charge is 0.481 e. The fraction of sp³-hybridized carbons (Fsp3) is 0.471. The number of carbonyl (C=O) groups excluding carboxylic acids is 2. The zero-order chi connectivity index (χ0) is 18.2. The van der Waals surface area contributed by atoms with Gasteiger partial charge < -0.3 is 15.3 Å². The van der Waals surface area contributed by atoms with Crippen LogP contribution in [0.25, 0.3) is 0 Å². The van der Waals surface area contributed by atoms with Crippen molar-refractivity contribution in [2.24, 2.45) is 0 Å². The summed E-state index contributed by atoms with van der Waals surface area (Å²) in [6.07, 6.45) is 0.537. The predicted molar refractivity (Wildman–Crippen MR) is 102 cm³/mol. The first-order chi connectivity index (χ1) is 12.0. The molecule has 2 rings (SSSR count). The van der Waals surface area contributed by atoms with Crippen molar-refractivity contribution in [1.82, 2.24) is 4.90 Å². The van der Waals surface area contributed by atoms with Crippen LogP contribution in [0.1, 0.15) is 25.3 Å². The topological polar surface area (TPSA) is 86.7 Å². The van der Waals surface area contributed by atoms with Crippen LogP contribution in [0.2, 0.25) is 0 Å². The monoisotopic (exact) mass is 382 g/mol. The van der Waals surface area contributed by atoms with Crippen LogP contribution < -0.4 is 5.32 Å². The average molecular weight is 383 g/mol. The van der Waals surface area contributed by atoms with E-state index in [1.165, 1.54) is 0 Å². The molecular formula is C17H22N2O4S2. The van der Waals surface area contributed by atoms with Crippen LogP contribution in [0.3, 0.4) is 0 Å². The molecular weight excluding hydrogens is 360 g/mol. The van der Waals surface area contributed by atoms with Crippen molar-refractivity contribution < 1.29 is 19.5 Å². The van der Waals surface area contributed by atoms with Gasteiger partial charge in [0, 0.05) is 29.4 Å². The van der Waals surface area contributed by atoms with Crippen molar-refractivity contribution in [3.63, 3.8) is 0 Å². The van der Waals surface area contributed by atoms with E-state index in [1.54, 1.807) is 35.3 Å². The quantitative estimate of drug-likeness (QED) is 0.672. The van der Waals surface area contributed by atoms with Crippen molar-refractivity contribution in [3.05, 3.63) is 29.8 Å². The van der Waals surface area contributed by atoms with Gasteiger partial charge in [-0.2, -0.15) is 11.8 Å². The lowest BCUT2D eigenvalue weighted by Crippen LogP contribution is -2.44. The molecule has 8 heteroatoms. The third-order valence-electron chi connectivity index (χ3n) is 3.73. The van der Waals surface area contributed by atoms with Crippen LogP contribution in [0.4, 0.5) is 5.69 Å². The van der Waals surface area contributed by atoms with Gasteiger partial charge in [0.1, 0.15) is 6.04 Å². The molecule has 0 spiro atoms. The molecule has 1 aromatic carbocycles. The fourth-order valence-electron chi connectivity index (χ4n) is 2.42. The molecule has 1 heterocycles. The van der Waals surface area contributed by atoms with Crippen LogP contribution in [0.15, 0.2) is 24.3 Å². The minimum absolute atomic E-state index is 0.00580. The summed E-state index contributed by atoms with van der Waals surface area (Å²) in [7, 11) is 0. The third kappa shape index (κ3) is 5.97. The summed E-state index contributed by atoms with van der Waals surface area (Å²) >= 11 is 3.13. The zero-order valence-electron chi connectivity index (χ0n) is 14.1. The van der Waals surface area contributed by atoms with Gasteiger partial charge >= 0.3 is 5.97 Å². The molecule has 2 amide bonds. The molecule has 0 radical (unpaired) electrons. The fourth-order valence-corrected chi connectivity index (χ4v) is 4.48. The second-order valence-corrected chi connectivity index (χ2v) is 7.72. The van der Waals surface area contributed by atoms with E-state index in [1.807, 2.05) is 24.3 Å². The molecule has 25 heavy (non-hydrogen) atoms. The maximum atomic E-state index is 12.5. The third-order valence-corrected chi connectivity index (χ3v) is 5.77. The highest BCUT2D eigenvalue weighted by atomic mass is 32.2. The van der Waals surface area contributed by atoms with Crippen molar-refractivity contribution >= 4 is 47.0 Å². The summed E-state index contributed by atoms with van der Waals surface area (Å²) in [5.41, 5.74) is 1.72. The van der Waals surface area contributed by atoms with Gasteiger partial charge in [0.15, 0.2) is 0 Å². The summed E-state index contributed by atoms with van der Waals surface area (Å²) in [6, 6.07) is 7.09. The van der Waals surface area contributed by atoms with Crippen molar-refractivity contribution in [2.45, 2.75) is 31.6 Å². The Bertz CT molecular complexity index is 639. The normalized spacial score (nSPS) is 16.7. The van der Waals surface area contributed by atoms with Gasteiger partial charge in [0.25, 0.3) is 0 Å². The maximum absolute atomic E-state index is 12.5. The summed E-state index contributed by atoms with van der Waals surface area (Å²) in [4.78, 5) is 36.6. The van der Waals surface area contributed by atoms with Gasteiger partial charge in [0.05, 0.1) is 12.3 Å². The van der Waals surface area contributed by atoms with Gasteiger partial charge in [-0.05, 0) is 17.7 Å². The number of hydrogen-bond donors (Lipinski definition) is 2. The summed E-state index contributed by atoms with van der Waals surface area (Å²) in [5, 5.41) is 11.5. The highest BCUT2D eigenvalue weighted by Crippen LogP contribution is 2.23. The molecule has 0 aliphatic carbocycles. The first kappa shape index (κ1) is 19.7. The number of aliphatic carboxylic acids is 1. The predicted octanol–water partition coefficient (Wildman–Crippen LogP) is 2.64. The zero-order valence-corrected chi connectivity index (χ0v) is 15.7. The number of carboxylic acid groups (broad SMARTS) is 1. The number of nitrogens with one attached hydrogen (secondary N) is 1. The number of carboxylic acids is 1. The Hall–Kier alpha value is -1.67. The average Bonchev–Trinajstić information content (AvgIpc) is 3.08. The van der Waals surface area contributed by atoms with Crippen molar-refractivity contribution in [3.8, 4) is 0 Å². The standard InChI is InChI=1S/C17H22N2O4S2/c1-2-15(20)19-11-25-10-14(19)17(23)18-13-5-3-4-12(8-13)9-24-7-6-16(21)22/h3-5,8,14H,2,6-7,9-11H2,1H3,(H,18,23)(H,21,22). The second-order valence-electron chi connectivity index (χ2n) is 5.62. The molecule has 1 aliphatic rings. The Balaban J connectivity index is 1.91. The number of thioether (sulfide) groups is 2. The van der Waals surface area contributed by atoms with Crippen molar-refractivity contribution in [2.75, 3.05) is 22.7 Å². The number of rotatable bonds is 8. The first-order valence-corrected chi connectivity index (χ1v) is 10.4. The van der Waals surface area contributed by atoms with Crippen LogP contribution in [-0.4, -0.2) is 51.2 Å². The first-order valence-electron chi connectivity index (χ1n) is 8.07. The number of benzene rings is 1. The smallest absolute Gasteiger partial charge is 0.304 e. The summed E-state index contributed by atoms with van der Waals surface area (Å²) in [5.74, 6) is 1.45. The molecule has 1 aliphatic heterocycles. The van der Waals surface area contributed by atoms with E-state index in [-0.39, 0.29) is 18.2 Å². The molecule has 1 aromatic rings. The van der Waals surface area contributed by atoms with Crippen LogP contribution in [0.5, 0.6) is 0 Å². The number of anilines is 1. The molecule has 6 nitrogen and oxygen atoms in total. The molecule has 0 saturated carbocycles. The SMILES string of the molecule is CCC(=O)N1CSCC1C(=O)Nc1cccc(CSCCC(=O)O)c1. The second kappa shape index (κ2) is 9.72. The molecule has 1 unspecified atom stereocenters. The number of carbonyl (C=O) groups is 3. The van der Waals surface area contributed by atoms with Crippen molar-refractivity contribution in [1.29, 1.82) is 0 Å². The van der Waals surface area contributed by atoms with Gasteiger partial charge in [-0.1, -0.05) is 19.1 Å². The van der Waals surface area contributed by atoms with Crippen LogP contribution in [-0.2, 0) is 20.1 Å². The molecule has 0 aromatic heterocycles. The van der Waals surface area contributed by atoms with E-state index in [4.69, 9.17) is 5.11 Å². The lowest BCUT2D eigenvalue weighted by molar-refractivity contribution is -0.136. The summed E-state index contributed by atoms with van der Waals surface area (Å²) < 4.78 is 0. The Morgan fingerprint density at radius 3 is 2.92 bits per heavy atom. The Labute approximate surface area is 155 Å². The van der Waals surface area contributed by atoms with E-state index in [0.29, 0.717) is 35.2 Å². The Morgan fingerprint density at radius 1 is 1.40 bits per heavy atom.